The molecule has 0 fully saturated rings. The highest BCUT2D eigenvalue weighted by molar-refractivity contribution is 6.12. The molecule has 0 spiro atoms. The third kappa shape index (κ3) is 4.87. The van der Waals surface area contributed by atoms with Gasteiger partial charge in [-0.25, -0.2) is 15.0 Å². The molecule has 0 aliphatic rings. The number of aromatic nitrogens is 4. The first kappa shape index (κ1) is 26.1. The number of nitrogens with zero attached hydrogens (tertiary/aromatic N) is 4. The molecule has 4 aromatic heterocycles. The summed E-state index contributed by atoms with van der Waals surface area (Å²) in [4.78, 5) is 15.5. The predicted octanol–water partition coefficient (Wildman–Crippen LogP) is 13.4. The minimum atomic E-state index is -0.203. The van der Waals surface area contributed by atoms with Crippen molar-refractivity contribution in [3.8, 4) is 51.0 Å². The van der Waals surface area contributed by atoms with Crippen LogP contribution in [-0.4, -0.2) is 19.5 Å². The van der Waals surface area contributed by atoms with Gasteiger partial charge in [0.05, 0.1) is 30.5 Å². The van der Waals surface area contributed by atoms with Gasteiger partial charge in [-0.3, -0.25) is 0 Å². The predicted molar refractivity (Wildman–Crippen MR) is 230 cm³/mol. The van der Waals surface area contributed by atoms with Gasteiger partial charge in [0.2, 0.25) is 0 Å². The zero-order chi connectivity index (χ0) is 42.7. The Morgan fingerprint density at radius 1 is 0.404 bits per heavy atom. The van der Waals surface area contributed by atoms with Crippen LogP contribution in [0.15, 0.2) is 191 Å². The number of para-hydroxylation sites is 6. The molecule has 0 radical (unpaired) electrons. The molecule has 0 unspecified atom stereocenters. The van der Waals surface area contributed by atoms with Crippen LogP contribution < -0.4 is 0 Å². The summed E-state index contributed by atoms with van der Waals surface area (Å²) in [6, 6.07) is 44.7. The average molecular weight is 737 g/mol. The Labute approximate surface area is 334 Å². The minimum absolute atomic E-state index is 0.0764. The van der Waals surface area contributed by atoms with Crippen LogP contribution in [0.1, 0.15) is 8.22 Å². The standard InChI is InChI=1S/C51H30N4O2/c1-2-14-31(15-3-1)49-52-50(40-23-13-22-39-37-19-7-11-27-46(37)57-48(39)40)54-51(53-49)41-30-32(33-20-12-21-38-36-18-6-10-26-45(36)56-47(33)38)28-29-44(41)55-42-24-8-4-16-34(42)35-17-5-9-25-43(35)55/h1-30H/i4D,5D,16D,17D,24D,25D. The monoisotopic (exact) mass is 736 g/mol. The lowest BCUT2D eigenvalue weighted by molar-refractivity contribution is 0.669. The zero-order valence-electron chi connectivity index (χ0n) is 36.0. The minimum Gasteiger partial charge on any atom is -0.455 e. The van der Waals surface area contributed by atoms with Crippen molar-refractivity contribution in [2.45, 2.75) is 0 Å². The van der Waals surface area contributed by atoms with Gasteiger partial charge in [0, 0.05) is 49.0 Å². The van der Waals surface area contributed by atoms with E-state index in [-0.39, 0.29) is 63.9 Å². The maximum Gasteiger partial charge on any atom is 0.167 e. The van der Waals surface area contributed by atoms with Crippen molar-refractivity contribution in [2.75, 3.05) is 0 Å². The smallest absolute Gasteiger partial charge is 0.167 e. The quantitative estimate of drug-likeness (QED) is 0.176. The number of fused-ring (bicyclic) bond motifs is 9. The second kappa shape index (κ2) is 12.3. The summed E-state index contributed by atoms with van der Waals surface area (Å²) in [6.45, 7) is 0. The number of furan rings is 2. The molecule has 266 valence electrons. The molecule has 0 atom stereocenters. The molecular weight excluding hydrogens is 701 g/mol. The maximum absolute atomic E-state index is 9.27. The first-order valence-electron chi connectivity index (χ1n) is 21.5. The first-order valence-corrected chi connectivity index (χ1v) is 18.5. The van der Waals surface area contributed by atoms with Gasteiger partial charge in [-0.1, -0.05) is 139 Å². The van der Waals surface area contributed by atoms with E-state index in [4.69, 9.17) is 29.3 Å². The molecule has 0 bridgehead atoms. The van der Waals surface area contributed by atoms with E-state index in [9.17, 15) is 2.74 Å². The fourth-order valence-corrected chi connectivity index (χ4v) is 8.06. The Morgan fingerprint density at radius 3 is 1.61 bits per heavy atom. The second-order valence-corrected chi connectivity index (χ2v) is 13.9. The molecule has 0 aliphatic heterocycles. The summed E-state index contributed by atoms with van der Waals surface area (Å²) in [5.74, 6) is 1.01. The third-order valence-electron chi connectivity index (χ3n) is 10.6. The average Bonchev–Trinajstić information content (AvgIpc) is 4.01. The molecule has 0 saturated heterocycles. The lowest BCUT2D eigenvalue weighted by atomic mass is 9.98. The molecule has 0 saturated carbocycles. The highest BCUT2D eigenvalue weighted by atomic mass is 16.3. The van der Waals surface area contributed by atoms with E-state index in [0.29, 0.717) is 39.6 Å². The van der Waals surface area contributed by atoms with Gasteiger partial charge >= 0.3 is 0 Å². The van der Waals surface area contributed by atoms with Crippen LogP contribution in [0.25, 0.3) is 117 Å². The van der Waals surface area contributed by atoms with Crippen LogP contribution in [0, 0.1) is 0 Å². The summed E-state index contributed by atoms with van der Waals surface area (Å²) in [5, 5.41) is 4.09. The lowest BCUT2D eigenvalue weighted by Gasteiger charge is -2.16. The number of hydrogen-bond acceptors (Lipinski definition) is 5. The van der Waals surface area contributed by atoms with E-state index in [1.165, 1.54) is 12.1 Å². The van der Waals surface area contributed by atoms with Crippen molar-refractivity contribution < 1.29 is 17.1 Å². The summed E-state index contributed by atoms with van der Waals surface area (Å²) in [5.41, 5.74) is 7.13. The maximum atomic E-state index is 9.27. The molecule has 12 aromatic rings. The van der Waals surface area contributed by atoms with E-state index in [1.807, 2.05) is 133 Å². The molecule has 12 rings (SSSR count). The first-order chi connectivity index (χ1) is 30.7. The van der Waals surface area contributed by atoms with E-state index < -0.39 is 0 Å². The second-order valence-electron chi connectivity index (χ2n) is 13.9. The zero-order valence-corrected chi connectivity index (χ0v) is 30.0. The van der Waals surface area contributed by atoms with Crippen LogP contribution in [0.3, 0.4) is 0 Å². The summed E-state index contributed by atoms with van der Waals surface area (Å²) in [6.07, 6.45) is 0. The van der Waals surface area contributed by atoms with Crippen LogP contribution in [-0.2, 0) is 0 Å². The fraction of sp³-hybridized carbons (Fsp3) is 0. The topological polar surface area (TPSA) is 69.9 Å². The van der Waals surface area contributed by atoms with Crippen molar-refractivity contribution in [3.63, 3.8) is 0 Å². The van der Waals surface area contributed by atoms with Crippen molar-refractivity contribution >= 4 is 65.7 Å². The fourth-order valence-electron chi connectivity index (χ4n) is 8.06. The molecule has 6 heteroatoms. The number of benzene rings is 8. The Hall–Kier alpha value is -7.83. The van der Waals surface area contributed by atoms with Gasteiger partial charge in [0.25, 0.3) is 0 Å². The van der Waals surface area contributed by atoms with E-state index in [1.54, 1.807) is 4.57 Å². The molecule has 57 heavy (non-hydrogen) atoms. The Morgan fingerprint density at radius 2 is 0.947 bits per heavy atom. The summed E-state index contributed by atoms with van der Waals surface area (Å²) in [7, 11) is 0. The summed E-state index contributed by atoms with van der Waals surface area (Å²) < 4.78 is 68.6. The van der Waals surface area contributed by atoms with Gasteiger partial charge in [0.1, 0.15) is 22.3 Å². The third-order valence-corrected chi connectivity index (χ3v) is 10.6. The van der Waals surface area contributed by atoms with Crippen LogP contribution >= 0.6 is 0 Å². The van der Waals surface area contributed by atoms with Gasteiger partial charge in [-0.05, 0) is 48.0 Å². The van der Waals surface area contributed by atoms with E-state index in [2.05, 4.69) is 0 Å². The van der Waals surface area contributed by atoms with Crippen LogP contribution in [0.5, 0.6) is 0 Å². The molecule has 8 aromatic carbocycles. The Kier molecular flexibility index (Phi) is 5.64. The van der Waals surface area contributed by atoms with Gasteiger partial charge in [-0.2, -0.15) is 0 Å². The van der Waals surface area contributed by atoms with Crippen molar-refractivity contribution in [3.05, 3.63) is 182 Å². The highest BCUT2D eigenvalue weighted by Crippen LogP contribution is 2.42. The Balaban J connectivity index is 1.22. The molecule has 0 amide bonds. The largest absolute Gasteiger partial charge is 0.455 e. The summed E-state index contributed by atoms with van der Waals surface area (Å²) >= 11 is 0. The SMILES string of the molecule is [2H]c1cc([2H])c2c(c1[2H])c1c([2H])c([2H])cc([2H])c1n2-c1ccc(-c2cccc3c2oc2ccccc23)cc1-c1nc(-c2ccccc2)nc(-c2cccc3c2oc2ccccc23)n1. The van der Waals surface area contributed by atoms with Gasteiger partial charge in [-0.15, -0.1) is 0 Å². The van der Waals surface area contributed by atoms with Crippen LogP contribution in [0.4, 0.5) is 0 Å². The lowest BCUT2D eigenvalue weighted by Crippen LogP contribution is -2.04. The van der Waals surface area contributed by atoms with E-state index >= 15 is 0 Å². The molecule has 6 nitrogen and oxygen atoms in total. The Bertz CT molecular complexity index is 3820. The van der Waals surface area contributed by atoms with Gasteiger partial charge < -0.3 is 13.4 Å². The van der Waals surface area contributed by atoms with Crippen molar-refractivity contribution in [1.29, 1.82) is 0 Å². The van der Waals surface area contributed by atoms with Gasteiger partial charge in [0.15, 0.2) is 17.5 Å². The molecule has 4 heterocycles. The number of hydrogen-bond donors (Lipinski definition) is 0. The van der Waals surface area contributed by atoms with Crippen LogP contribution in [0.2, 0.25) is 0 Å². The van der Waals surface area contributed by atoms with E-state index in [0.717, 1.165) is 49.4 Å². The highest BCUT2D eigenvalue weighted by Gasteiger charge is 2.23. The molecule has 0 N–H and O–H groups in total. The number of rotatable bonds is 5. The molecular formula is C51H30N4O2. The molecule has 0 aliphatic carbocycles. The van der Waals surface area contributed by atoms with Crippen molar-refractivity contribution in [1.82, 2.24) is 19.5 Å². The van der Waals surface area contributed by atoms with Crippen molar-refractivity contribution in [2.24, 2.45) is 0 Å². The normalized spacial score (nSPS) is 13.3.